The average Bonchev–Trinajstić information content (AvgIpc) is 3.18. The second-order valence-electron chi connectivity index (χ2n) is 10.2. The van der Waals surface area contributed by atoms with E-state index in [0.717, 1.165) is 36.8 Å². The molecule has 0 radical (unpaired) electrons. The fourth-order valence-electron chi connectivity index (χ4n) is 4.91. The Labute approximate surface area is 204 Å². The topological polar surface area (TPSA) is 86.1 Å². The Kier molecular flexibility index (Phi) is 7.47. The van der Waals surface area contributed by atoms with Crippen LogP contribution in [0.25, 0.3) is 11.3 Å². The Balaban J connectivity index is 1.53. The molecule has 1 fully saturated rings. The summed E-state index contributed by atoms with van der Waals surface area (Å²) in [6.07, 6.45) is 1.92. The van der Waals surface area contributed by atoms with Crippen LogP contribution in [0.5, 0.6) is 5.88 Å². The van der Waals surface area contributed by atoms with Gasteiger partial charge in [-0.25, -0.2) is 26.6 Å². The maximum atomic E-state index is 14.8. The van der Waals surface area contributed by atoms with Gasteiger partial charge >= 0.3 is 0 Å². The zero-order valence-corrected chi connectivity index (χ0v) is 21.2. The molecular formula is C24H33F3N4O3S. The Morgan fingerprint density at radius 1 is 1.29 bits per heavy atom. The summed E-state index contributed by atoms with van der Waals surface area (Å²) >= 11 is 0. The van der Waals surface area contributed by atoms with Gasteiger partial charge in [-0.15, -0.1) is 0 Å². The van der Waals surface area contributed by atoms with Crippen molar-refractivity contribution in [3.8, 4) is 17.1 Å². The van der Waals surface area contributed by atoms with Gasteiger partial charge < -0.3 is 10.1 Å². The van der Waals surface area contributed by atoms with E-state index in [2.05, 4.69) is 17.2 Å². The summed E-state index contributed by atoms with van der Waals surface area (Å²) in [6.45, 7) is 6.08. The van der Waals surface area contributed by atoms with Gasteiger partial charge in [-0.1, -0.05) is 0 Å². The molecule has 0 bridgehead atoms. The molecule has 3 heterocycles. The maximum Gasteiger partial charge on any atom is 0.272 e. The molecule has 0 saturated carbocycles. The molecule has 1 aliphatic heterocycles. The average molecular weight is 515 g/mol. The van der Waals surface area contributed by atoms with Gasteiger partial charge in [-0.05, 0) is 65.3 Å². The van der Waals surface area contributed by atoms with Crippen LogP contribution in [0.3, 0.4) is 0 Å². The molecule has 4 rings (SSSR count). The minimum atomic E-state index is -2.92. The van der Waals surface area contributed by atoms with Crippen molar-refractivity contribution in [3.63, 3.8) is 0 Å². The van der Waals surface area contributed by atoms with Gasteiger partial charge in [0.05, 0.1) is 23.4 Å². The first-order chi connectivity index (χ1) is 16.5. The third-order valence-corrected chi connectivity index (χ3v) is 8.73. The molecule has 194 valence electrons. The first kappa shape index (κ1) is 25.9. The lowest BCUT2D eigenvalue weighted by Gasteiger charge is -2.36. The van der Waals surface area contributed by atoms with Crippen molar-refractivity contribution < 1.29 is 26.3 Å². The molecule has 0 aromatic carbocycles. The molecule has 2 aromatic rings. The highest BCUT2D eigenvalue weighted by Crippen LogP contribution is 2.37. The number of fused-ring (bicyclic) bond motifs is 1. The molecule has 1 saturated heterocycles. The lowest BCUT2D eigenvalue weighted by atomic mass is 9.84. The highest BCUT2D eigenvalue weighted by atomic mass is 32.2. The molecule has 7 nitrogen and oxygen atoms in total. The van der Waals surface area contributed by atoms with Crippen LogP contribution in [-0.2, 0) is 22.7 Å². The summed E-state index contributed by atoms with van der Waals surface area (Å²) in [6, 6.07) is 1.40. The number of hydrogen-bond donors (Lipinski definition) is 1. The minimum Gasteiger partial charge on any atom is -0.472 e. The number of hydrogen-bond acceptors (Lipinski definition) is 6. The number of rotatable bonds is 8. The van der Waals surface area contributed by atoms with Crippen molar-refractivity contribution >= 4 is 9.84 Å². The molecule has 1 atom stereocenters. The first-order valence-corrected chi connectivity index (χ1v) is 13.9. The smallest absolute Gasteiger partial charge is 0.272 e. The zero-order valence-electron chi connectivity index (χ0n) is 20.4. The molecular weight excluding hydrogens is 481 g/mol. The van der Waals surface area contributed by atoms with Crippen molar-refractivity contribution in [2.24, 2.45) is 5.92 Å². The standard InChI is InChI=1S/C24H33F3N4O3S/c1-15(2)31-20-10-16(12-29-24(3)6-8-35(32,33)9-7-24)4-5-17(20)23(30-31)18-11-22(28-13-19(18)25)34-14-21(26)27/h11,13,15-16,21,29H,4-10,12,14H2,1-3H3/t16-/m1/s1. The molecule has 0 amide bonds. The second kappa shape index (κ2) is 10.1. The summed E-state index contributed by atoms with van der Waals surface area (Å²) in [5, 5.41) is 8.35. The van der Waals surface area contributed by atoms with Crippen LogP contribution in [0.15, 0.2) is 12.3 Å². The van der Waals surface area contributed by atoms with Crippen LogP contribution in [0.1, 0.15) is 57.3 Å². The van der Waals surface area contributed by atoms with Crippen molar-refractivity contribution in [3.05, 3.63) is 29.3 Å². The minimum absolute atomic E-state index is 0.0599. The molecule has 0 unspecified atom stereocenters. The fraction of sp³-hybridized carbons (Fsp3) is 0.667. The van der Waals surface area contributed by atoms with Gasteiger partial charge in [0, 0.05) is 34.5 Å². The summed E-state index contributed by atoms with van der Waals surface area (Å²) < 4.78 is 70.4. The van der Waals surface area contributed by atoms with E-state index < -0.39 is 28.7 Å². The predicted octanol–water partition coefficient (Wildman–Crippen LogP) is 3.97. The van der Waals surface area contributed by atoms with E-state index in [-0.39, 0.29) is 34.5 Å². The van der Waals surface area contributed by atoms with Crippen molar-refractivity contribution in [2.45, 2.75) is 70.9 Å². The molecule has 11 heteroatoms. The van der Waals surface area contributed by atoms with Crippen molar-refractivity contribution in [1.82, 2.24) is 20.1 Å². The number of sulfone groups is 1. The molecule has 1 N–H and O–H groups in total. The first-order valence-electron chi connectivity index (χ1n) is 12.1. The predicted molar refractivity (Wildman–Crippen MR) is 127 cm³/mol. The highest BCUT2D eigenvalue weighted by Gasteiger charge is 2.35. The fourth-order valence-corrected chi connectivity index (χ4v) is 6.64. The third-order valence-electron chi connectivity index (χ3n) is 7.08. The molecule has 35 heavy (non-hydrogen) atoms. The van der Waals surface area contributed by atoms with Crippen LogP contribution >= 0.6 is 0 Å². The number of nitrogens with one attached hydrogen (secondary N) is 1. The quantitative estimate of drug-likeness (QED) is 0.574. The second-order valence-corrected chi connectivity index (χ2v) is 12.5. The Bertz CT molecular complexity index is 1150. The van der Waals surface area contributed by atoms with E-state index in [1.807, 2.05) is 18.5 Å². The number of nitrogens with zero attached hydrogens (tertiary/aromatic N) is 3. The van der Waals surface area contributed by atoms with Gasteiger partial charge in [0.15, 0.2) is 12.4 Å². The molecule has 2 aliphatic rings. The van der Waals surface area contributed by atoms with E-state index in [0.29, 0.717) is 30.9 Å². The maximum absolute atomic E-state index is 14.8. The van der Waals surface area contributed by atoms with Gasteiger partial charge in [0.1, 0.15) is 9.84 Å². The normalized spacial score (nSPS) is 21.3. The Morgan fingerprint density at radius 2 is 2.00 bits per heavy atom. The Hall–Kier alpha value is -2.14. The number of pyridine rings is 1. The van der Waals surface area contributed by atoms with E-state index in [9.17, 15) is 21.6 Å². The third kappa shape index (κ3) is 5.99. The molecule has 0 spiro atoms. The molecule has 2 aromatic heterocycles. The summed E-state index contributed by atoms with van der Waals surface area (Å²) in [4.78, 5) is 3.78. The van der Waals surface area contributed by atoms with E-state index >= 15 is 0 Å². The van der Waals surface area contributed by atoms with E-state index in [1.165, 1.54) is 6.07 Å². The van der Waals surface area contributed by atoms with Gasteiger partial charge in [-0.3, -0.25) is 4.68 Å². The number of halogens is 3. The monoisotopic (exact) mass is 514 g/mol. The summed E-state index contributed by atoms with van der Waals surface area (Å²) in [7, 11) is -2.92. The lowest BCUT2D eigenvalue weighted by Crippen LogP contribution is -2.50. The van der Waals surface area contributed by atoms with Crippen LogP contribution in [0.2, 0.25) is 0 Å². The lowest BCUT2D eigenvalue weighted by molar-refractivity contribution is 0.0795. The van der Waals surface area contributed by atoms with Crippen molar-refractivity contribution in [1.29, 1.82) is 0 Å². The van der Waals surface area contributed by atoms with Crippen LogP contribution in [0, 0.1) is 11.7 Å². The van der Waals surface area contributed by atoms with E-state index in [4.69, 9.17) is 9.84 Å². The van der Waals surface area contributed by atoms with Crippen LogP contribution < -0.4 is 10.1 Å². The number of ether oxygens (including phenoxy) is 1. The van der Waals surface area contributed by atoms with Gasteiger partial charge in [0.2, 0.25) is 5.88 Å². The number of aromatic nitrogens is 3. The number of alkyl halides is 2. The van der Waals surface area contributed by atoms with Crippen LogP contribution in [-0.4, -0.2) is 59.8 Å². The van der Waals surface area contributed by atoms with Crippen LogP contribution in [0.4, 0.5) is 13.2 Å². The van der Waals surface area contributed by atoms with E-state index in [1.54, 1.807) is 0 Å². The Morgan fingerprint density at radius 3 is 2.66 bits per heavy atom. The largest absolute Gasteiger partial charge is 0.472 e. The van der Waals surface area contributed by atoms with Gasteiger partial charge in [-0.2, -0.15) is 5.10 Å². The molecule has 1 aliphatic carbocycles. The van der Waals surface area contributed by atoms with Gasteiger partial charge in [0.25, 0.3) is 6.43 Å². The highest BCUT2D eigenvalue weighted by molar-refractivity contribution is 7.91. The SMILES string of the molecule is CC(C)n1nc(-c2cc(OCC(F)F)ncc2F)c2c1C[C@H](CNC1(C)CCS(=O)(=O)CC1)CC2. The zero-order chi connectivity index (χ0) is 25.4. The summed E-state index contributed by atoms with van der Waals surface area (Å²) in [5.74, 6) is 0.141. The van der Waals surface area contributed by atoms with Crippen molar-refractivity contribution in [2.75, 3.05) is 24.7 Å². The summed E-state index contributed by atoms with van der Waals surface area (Å²) in [5.41, 5.74) is 2.54.